The van der Waals surface area contributed by atoms with E-state index in [4.69, 9.17) is 65.4 Å². The van der Waals surface area contributed by atoms with Crippen molar-refractivity contribution in [3.8, 4) is 0 Å². The number of carboxylic acid groups (broad SMARTS) is 3. The molecule has 6 fully saturated rings. The molecule has 0 aromatic rings. The number of hydrogen-bond acceptors (Lipinski definition) is 27. The summed E-state index contributed by atoms with van der Waals surface area (Å²) in [6, 6.07) is -0.914. The van der Waals surface area contributed by atoms with Crippen molar-refractivity contribution in [2.24, 2.45) is 112 Å². The third-order valence-electron chi connectivity index (χ3n) is 26.8. The van der Waals surface area contributed by atoms with Gasteiger partial charge in [0.1, 0.15) is 53.9 Å². The van der Waals surface area contributed by atoms with E-state index in [1.165, 1.54) is 20.9 Å². The summed E-state index contributed by atoms with van der Waals surface area (Å²) in [5.41, 5.74) is 8.88. The molecule has 124 heavy (non-hydrogen) atoms. The normalized spacial score (nSPS) is 35.6. The van der Waals surface area contributed by atoms with Gasteiger partial charge in [-0.25, -0.2) is 14.4 Å². The van der Waals surface area contributed by atoms with Gasteiger partial charge in [0, 0.05) is 51.1 Å². The molecule has 0 aromatic heterocycles. The molecule has 6 aliphatic heterocycles. The molecule has 33 heteroatoms. The lowest BCUT2D eigenvalue weighted by Gasteiger charge is -2.48. The second-order valence-corrected chi connectivity index (χ2v) is 39.7. The fourth-order valence-electron chi connectivity index (χ4n) is 16.4. The minimum atomic E-state index is -1.70. The Morgan fingerprint density at radius 2 is 0.669 bits per heavy atom. The van der Waals surface area contributed by atoms with Gasteiger partial charge in [-0.15, -0.1) is 0 Å². The van der Waals surface area contributed by atoms with Gasteiger partial charge >= 0.3 is 17.9 Å². The number of carboxylic acids is 3. The highest BCUT2D eigenvalue weighted by molar-refractivity contribution is 5.85. The molecule has 24 N–H and O–H groups in total. The molecule has 736 valence electrons. The highest BCUT2D eigenvalue weighted by Crippen LogP contribution is 2.45. The first-order valence-corrected chi connectivity index (χ1v) is 45.5. The second kappa shape index (κ2) is 55.3. The molecular formula is C91H180N6O27. The predicted molar refractivity (Wildman–Crippen MR) is 477 cm³/mol. The first-order valence-electron chi connectivity index (χ1n) is 45.5. The van der Waals surface area contributed by atoms with E-state index in [-0.39, 0.29) is 72.9 Å². The molecule has 29 unspecified atom stereocenters. The number of amides is 3. The van der Waals surface area contributed by atoms with Crippen LogP contribution in [0.4, 0.5) is 0 Å². The number of hydrogen-bond donors (Lipinski definition) is 21. The molecule has 3 amide bonds. The van der Waals surface area contributed by atoms with Crippen molar-refractivity contribution in [1.29, 1.82) is 0 Å². The van der Waals surface area contributed by atoms with E-state index < -0.39 is 157 Å². The Bertz CT molecular complexity index is 2850. The van der Waals surface area contributed by atoms with Crippen LogP contribution in [0, 0.1) is 94.7 Å². The van der Waals surface area contributed by atoms with Crippen LogP contribution in [0.5, 0.6) is 0 Å². The van der Waals surface area contributed by atoms with Gasteiger partial charge < -0.3 is 138 Å². The van der Waals surface area contributed by atoms with Crippen molar-refractivity contribution in [1.82, 2.24) is 16.0 Å². The van der Waals surface area contributed by atoms with Crippen LogP contribution < -0.4 is 33.2 Å². The first-order chi connectivity index (χ1) is 56.9. The van der Waals surface area contributed by atoms with Crippen LogP contribution in [-0.2, 0) is 57.2 Å². The molecule has 6 aliphatic rings. The van der Waals surface area contributed by atoms with Crippen molar-refractivity contribution >= 4 is 35.6 Å². The molecule has 0 radical (unpaired) electrons. The Labute approximate surface area is 743 Å². The summed E-state index contributed by atoms with van der Waals surface area (Å²) in [5, 5.41) is 151. The van der Waals surface area contributed by atoms with E-state index in [9.17, 15) is 79.8 Å². The van der Waals surface area contributed by atoms with Crippen LogP contribution in [0.15, 0.2) is 0 Å². The van der Waals surface area contributed by atoms with Gasteiger partial charge in [-0.3, -0.25) is 14.4 Å². The Morgan fingerprint density at radius 3 is 0.984 bits per heavy atom. The second-order valence-electron chi connectivity index (χ2n) is 39.7. The maximum absolute atomic E-state index is 12.6. The van der Waals surface area contributed by atoms with Gasteiger partial charge in [0.2, 0.25) is 5.91 Å². The third-order valence-corrected chi connectivity index (χ3v) is 26.8. The standard InChI is InChI=1S/C19H37NO2.C16H31NO2.C15H29NO6.C15H28O3.C11H20O7.C10H19NO7.C4H11N.CH5N/c1-9-13(4)15(6)17-16(7)14(5)10-19(8,22-17)18(21)20-11-12(2)3;1-8-10(2)12(4)15-14(17-13(5)18)11(3)9-16(6,7)19-15;1-8(2)6-16-14(21)15(4)5-10(18)9(3)13(22-15)12(20)11(19)7-17;1-7-9(2)11(4)13-12(5)10(3)8-15(6,18-13)14(16)17;1-5-6(13)3-11(2,10(16)17)18-9(5)8(15)7(14)4-12;1-10(9(16)17)2-4(13)6(11)8(18-10)7(15)5(14)3-12;1-4(2)3-5;1-2/h12-17H,9-11H2,1-8H3,(H,20,21);10-12,14-15H,8-9H2,1-7H3,(H,17,18);8-13,17-20H,5-7H2,1-4H3,(H,16,21);9-13H,7-8H2,1-6H3,(H,16,17);5-9,12-15H,3-4H2,1-2H3,(H,16,17);4-8,12-15H,2-3,11H2,1H3,(H,16,17);4H,3,5H2,1-2H3;2H2,1H3/t13-,14?,15-,16?,17?,19?;10-,11?,12-,14?,15?;;9-,10?,11-,12?,13?,15?;;;;/m11.1..../s1. The van der Waals surface area contributed by atoms with E-state index in [1.54, 1.807) is 34.6 Å². The number of nitrogens with one attached hydrogen (secondary N) is 3. The lowest BCUT2D eigenvalue weighted by molar-refractivity contribution is -0.232. The van der Waals surface area contributed by atoms with Crippen LogP contribution >= 0.6 is 0 Å². The fourth-order valence-corrected chi connectivity index (χ4v) is 16.4. The number of aliphatic hydroxyl groups is 12. The smallest absolute Gasteiger partial charge is 0.335 e. The molecule has 6 saturated heterocycles. The predicted octanol–water partition coefficient (Wildman–Crippen LogP) is 5.75. The Morgan fingerprint density at radius 1 is 0.395 bits per heavy atom. The van der Waals surface area contributed by atoms with E-state index in [2.05, 4.69) is 160 Å². The van der Waals surface area contributed by atoms with Crippen LogP contribution in [-0.4, -0.2) is 296 Å². The van der Waals surface area contributed by atoms with Crippen LogP contribution in [0.1, 0.15) is 265 Å². The summed E-state index contributed by atoms with van der Waals surface area (Å²) in [7, 11) is 1.50. The van der Waals surface area contributed by atoms with E-state index in [1.807, 2.05) is 20.8 Å². The number of rotatable bonds is 29. The Hall–Kier alpha value is -4.02. The number of carbonyl (C=O) groups excluding carboxylic acids is 3. The molecule has 33 nitrogen and oxygen atoms in total. The van der Waals surface area contributed by atoms with Crippen molar-refractivity contribution in [2.75, 3.05) is 46.5 Å². The van der Waals surface area contributed by atoms with Crippen LogP contribution in [0.2, 0.25) is 0 Å². The minimum Gasteiger partial charge on any atom is -0.479 e. The SMILES string of the molecule is CC(C)CN.CC(C)CNC(=O)C1(C)CC(O)C(C)C(C(O)C(O)CO)O1.CC1(C(=O)O)CC(O)C(N)C(C(O)C(O)CO)O1.CC1C(O)CC(C)(C(=O)O)OC1C(O)C(O)CO.CC[C@@H](C)[C@@H](C)C1OC(C)(C(=O)NCC(C)C)CC(C)C1C.CC[C@@H](C)[C@@H](C)C1OC(C)(C(=O)O)CC(C)C1C.CC[C@@H](C)[C@@H](C)C1OC(C)(C)CC(C)C1NC(C)=O.CN. The number of carbonyl (C=O) groups is 6. The third kappa shape index (κ3) is 36.6. The zero-order chi connectivity index (χ0) is 97.5. The summed E-state index contributed by atoms with van der Waals surface area (Å²) in [6.07, 6.45) is -9.17. The average Bonchev–Trinajstić information content (AvgIpc) is 0.776. The maximum Gasteiger partial charge on any atom is 0.335 e. The summed E-state index contributed by atoms with van der Waals surface area (Å²) in [4.78, 5) is 70.0. The number of ether oxygens (including phenoxy) is 6. The molecule has 6 rings (SSSR count). The highest BCUT2D eigenvalue weighted by atomic mass is 16.6. The number of nitrogens with two attached hydrogens (primary N) is 3. The molecule has 0 bridgehead atoms. The zero-order valence-electron chi connectivity index (χ0n) is 81.5. The highest BCUT2D eigenvalue weighted by Gasteiger charge is 2.55. The Kier molecular flexibility index (Phi) is 54.5. The molecule has 0 aliphatic carbocycles. The van der Waals surface area contributed by atoms with Crippen LogP contribution in [0.25, 0.3) is 0 Å². The Balaban J connectivity index is 0. The van der Waals surface area contributed by atoms with Gasteiger partial charge in [-0.05, 0) is 164 Å². The molecule has 0 saturated carbocycles. The number of aliphatic hydroxyl groups excluding tert-OH is 12. The zero-order valence-corrected chi connectivity index (χ0v) is 81.5. The first kappa shape index (κ1) is 122. The van der Waals surface area contributed by atoms with Gasteiger partial charge in [0.05, 0.1) is 86.3 Å². The summed E-state index contributed by atoms with van der Waals surface area (Å²) >= 11 is 0. The van der Waals surface area contributed by atoms with E-state index in [0.717, 1.165) is 38.6 Å². The summed E-state index contributed by atoms with van der Waals surface area (Å²) < 4.78 is 35.0. The van der Waals surface area contributed by atoms with Crippen molar-refractivity contribution < 1.29 is 134 Å². The molecule has 35 atom stereocenters. The molecular weight excluding hydrogens is 1610 g/mol. The van der Waals surface area contributed by atoms with Crippen molar-refractivity contribution in [3.63, 3.8) is 0 Å². The van der Waals surface area contributed by atoms with Gasteiger partial charge in [0.15, 0.2) is 16.8 Å². The van der Waals surface area contributed by atoms with Crippen molar-refractivity contribution in [3.05, 3.63) is 0 Å². The van der Waals surface area contributed by atoms with Gasteiger partial charge in [-0.2, -0.15) is 0 Å². The van der Waals surface area contributed by atoms with Crippen molar-refractivity contribution in [2.45, 2.75) is 403 Å². The lowest BCUT2D eigenvalue weighted by Crippen LogP contribution is -2.64. The monoisotopic (exact) mass is 1790 g/mol. The average molecular weight is 1790 g/mol. The fraction of sp³-hybridized carbons (Fsp3) is 0.934. The molecule has 0 spiro atoms. The quantitative estimate of drug-likeness (QED) is 0.0423. The van der Waals surface area contributed by atoms with Gasteiger partial charge in [0.25, 0.3) is 11.8 Å². The topological polar surface area (TPSA) is 575 Å². The summed E-state index contributed by atoms with van der Waals surface area (Å²) in [6.45, 7) is 60.5. The molecule has 6 heterocycles. The van der Waals surface area contributed by atoms with Gasteiger partial charge in [-0.1, -0.05) is 172 Å². The number of aliphatic carboxylic acids is 3. The van der Waals surface area contributed by atoms with Crippen LogP contribution in [0.3, 0.4) is 0 Å². The minimum absolute atomic E-state index is 0.0431. The maximum atomic E-state index is 12.6. The molecule has 0 aromatic carbocycles. The lowest BCUT2D eigenvalue weighted by atomic mass is 9.72. The van der Waals surface area contributed by atoms with E-state index >= 15 is 0 Å². The van der Waals surface area contributed by atoms with E-state index in [0.29, 0.717) is 96.4 Å². The summed E-state index contributed by atoms with van der Waals surface area (Å²) in [5.74, 6) is 2.07. The largest absolute Gasteiger partial charge is 0.479 e.